The molecular formula is C13H12N2O3S. The zero-order chi connectivity index (χ0) is 13.8. The van der Waals surface area contributed by atoms with Gasteiger partial charge >= 0.3 is 5.97 Å². The number of methoxy groups -OCH3 is 1. The van der Waals surface area contributed by atoms with E-state index in [1.54, 1.807) is 36.7 Å². The highest BCUT2D eigenvalue weighted by Gasteiger charge is 2.17. The topological polar surface area (TPSA) is 68.3 Å². The Labute approximate surface area is 114 Å². The fraction of sp³-hybridized carbons (Fsp3) is 0.154. The Morgan fingerprint density at radius 1 is 1.37 bits per heavy atom. The Balaban J connectivity index is 2.23. The molecule has 0 saturated carbocycles. The van der Waals surface area contributed by atoms with Gasteiger partial charge in [0, 0.05) is 11.9 Å². The lowest BCUT2D eigenvalue weighted by atomic mass is 10.2. The van der Waals surface area contributed by atoms with Crippen LogP contribution in [0.5, 0.6) is 0 Å². The largest absolute Gasteiger partial charge is 0.465 e. The van der Waals surface area contributed by atoms with Crippen molar-refractivity contribution in [1.29, 1.82) is 0 Å². The monoisotopic (exact) mass is 276 g/mol. The SMILES string of the molecule is COC(=O)c1sccc1NC(=O)c1cccnc1C. The van der Waals surface area contributed by atoms with Gasteiger partial charge in [-0.3, -0.25) is 9.78 Å². The fourth-order valence-corrected chi connectivity index (χ4v) is 2.34. The summed E-state index contributed by atoms with van der Waals surface area (Å²) < 4.78 is 4.65. The zero-order valence-corrected chi connectivity index (χ0v) is 11.3. The molecule has 2 aromatic rings. The molecular weight excluding hydrogens is 264 g/mol. The van der Waals surface area contributed by atoms with Crippen LogP contribution in [0.1, 0.15) is 25.7 Å². The van der Waals surface area contributed by atoms with Gasteiger partial charge in [0.05, 0.1) is 18.4 Å². The van der Waals surface area contributed by atoms with Crippen LogP contribution >= 0.6 is 11.3 Å². The van der Waals surface area contributed by atoms with Gasteiger partial charge in [-0.25, -0.2) is 4.79 Å². The Bertz CT molecular complexity index is 622. The molecule has 19 heavy (non-hydrogen) atoms. The van der Waals surface area contributed by atoms with Crippen molar-refractivity contribution in [3.63, 3.8) is 0 Å². The average Bonchev–Trinajstić information content (AvgIpc) is 2.86. The molecule has 2 heterocycles. The van der Waals surface area contributed by atoms with E-state index in [0.29, 0.717) is 21.8 Å². The number of carbonyl (C=O) groups is 2. The second kappa shape index (κ2) is 5.62. The summed E-state index contributed by atoms with van der Waals surface area (Å²) in [6.45, 7) is 1.75. The lowest BCUT2D eigenvalue weighted by Crippen LogP contribution is -2.15. The number of hydrogen-bond acceptors (Lipinski definition) is 5. The first-order valence-corrected chi connectivity index (χ1v) is 6.40. The molecule has 0 unspecified atom stereocenters. The zero-order valence-electron chi connectivity index (χ0n) is 10.5. The summed E-state index contributed by atoms with van der Waals surface area (Å²) >= 11 is 1.22. The van der Waals surface area contributed by atoms with E-state index in [-0.39, 0.29) is 5.91 Å². The number of carbonyl (C=O) groups excluding carboxylic acids is 2. The molecule has 0 bridgehead atoms. The van der Waals surface area contributed by atoms with E-state index in [1.165, 1.54) is 18.4 Å². The van der Waals surface area contributed by atoms with Gasteiger partial charge in [0.25, 0.3) is 5.91 Å². The number of nitrogens with zero attached hydrogens (tertiary/aromatic N) is 1. The van der Waals surface area contributed by atoms with Gasteiger partial charge in [-0.05, 0) is 30.5 Å². The van der Waals surface area contributed by atoms with Crippen molar-refractivity contribution in [2.24, 2.45) is 0 Å². The molecule has 0 aliphatic carbocycles. The number of ether oxygens (including phenoxy) is 1. The molecule has 98 valence electrons. The minimum Gasteiger partial charge on any atom is -0.465 e. The number of aryl methyl sites for hydroxylation is 1. The lowest BCUT2D eigenvalue weighted by Gasteiger charge is -2.07. The minimum atomic E-state index is -0.465. The van der Waals surface area contributed by atoms with E-state index in [0.717, 1.165) is 0 Å². The summed E-state index contributed by atoms with van der Waals surface area (Å²) in [5, 5.41) is 4.41. The maximum atomic E-state index is 12.1. The number of rotatable bonds is 3. The third kappa shape index (κ3) is 2.79. The summed E-state index contributed by atoms with van der Waals surface area (Å²) in [5.41, 5.74) is 1.56. The van der Waals surface area contributed by atoms with Crippen molar-refractivity contribution in [3.8, 4) is 0 Å². The van der Waals surface area contributed by atoms with Crippen molar-refractivity contribution >= 4 is 28.9 Å². The quantitative estimate of drug-likeness (QED) is 0.874. The molecule has 0 aliphatic rings. The number of amides is 1. The summed E-state index contributed by atoms with van der Waals surface area (Å²) in [4.78, 5) is 28.0. The summed E-state index contributed by atoms with van der Waals surface area (Å²) in [5.74, 6) is -0.762. The molecule has 0 fully saturated rings. The van der Waals surface area contributed by atoms with Crippen LogP contribution in [0.2, 0.25) is 0 Å². The van der Waals surface area contributed by atoms with Gasteiger partial charge in [-0.1, -0.05) is 0 Å². The highest BCUT2D eigenvalue weighted by atomic mass is 32.1. The third-order valence-corrected chi connectivity index (χ3v) is 3.43. The Kier molecular flexibility index (Phi) is 3.91. The molecule has 2 aromatic heterocycles. The summed E-state index contributed by atoms with van der Waals surface area (Å²) in [7, 11) is 1.30. The van der Waals surface area contributed by atoms with Crippen LogP contribution in [-0.2, 0) is 4.74 Å². The molecule has 0 radical (unpaired) electrons. The highest BCUT2D eigenvalue weighted by Crippen LogP contribution is 2.23. The van der Waals surface area contributed by atoms with Crippen LogP contribution in [0.3, 0.4) is 0 Å². The molecule has 0 spiro atoms. The first-order chi connectivity index (χ1) is 9.13. The minimum absolute atomic E-state index is 0.297. The number of hydrogen-bond donors (Lipinski definition) is 1. The van der Waals surface area contributed by atoms with Gasteiger partial charge in [0.15, 0.2) is 0 Å². The molecule has 1 amide bonds. The number of nitrogens with one attached hydrogen (secondary N) is 1. The molecule has 0 aliphatic heterocycles. The van der Waals surface area contributed by atoms with E-state index >= 15 is 0 Å². The normalized spacial score (nSPS) is 10.0. The standard InChI is InChI=1S/C13H12N2O3S/c1-8-9(4-3-6-14-8)12(16)15-10-5-7-19-11(10)13(17)18-2/h3-7H,1-2H3,(H,15,16). The first-order valence-electron chi connectivity index (χ1n) is 5.52. The fourth-order valence-electron chi connectivity index (χ4n) is 1.57. The van der Waals surface area contributed by atoms with E-state index in [4.69, 9.17) is 0 Å². The van der Waals surface area contributed by atoms with E-state index in [9.17, 15) is 9.59 Å². The number of anilines is 1. The van der Waals surface area contributed by atoms with E-state index in [1.807, 2.05) is 0 Å². The number of esters is 1. The van der Waals surface area contributed by atoms with Gasteiger partial charge in [-0.2, -0.15) is 0 Å². The molecule has 6 heteroatoms. The highest BCUT2D eigenvalue weighted by molar-refractivity contribution is 7.12. The summed E-state index contributed by atoms with van der Waals surface area (Å²) in [6.07, 6.45) is 1.62. The predicted molar refractivity (Wildman–Crippen MR) is 72.6 cm³/mol. The number of aromatic nitrogens is 1. The smallest absolute Gasteiger partial charge is 0.350 e. The van der Waals surface area contributed by atoms with Gasteiger partial charge < -0.3 is 10.1 Å². The second-order valence-electron chi connectivity index (χ2n) is 3.75. The lowest BCUT2D eigenvalue weighted by molar-refractivity contribution is 0.0607. The summed E-state index contributed by atoms with van der Waals surface area (Å²) in [6, 6.07) is 5.04. The Morgan fingerprint density at radius 2 is 2.16 bits per heavy atom. The maximum Gasteiger partial charge on any atom is 0.350 e. The van der Waals surface area contributed by atoms with Crippen molar-refractivity contribution in [2.75, 3.05) is 12.4 Å². The first kappa shape index (κ1) is 13.2. The predicted octanol–water partition coefficient (Wildman–Crippen LogP) is 2.49. The molecule has 5 nitrogen and oxygen atoms in total. The average molecular weight is 276 g/mol. The molecule has 1 N–H and O–H groups in total. The Morgan fingerprint density at radius 3 is 2.84 bits per heavy atom. The third-order valence-electron chi connectivity index (χ3n) is 2.54. The van der Waals surface area contributed by atoms with E-state index < -0.39 is 5.97 Å². The van der Waals surface area contributed by atoms with Gasteiger partial charge in [0.1, 0.15) is 4.88 Å². The van der Waals surface area contributed by atoms with Crippen LogP contribution in [0.4, 0.5) is 5.69 Å². The maximum absolute atomic E-state index is 12.1. The van der Waals surface area contributed by atoms with Crippen LogP contribution in [-0.4, -0.2) is 24.0 Å². The van der Waals surface area contributed by atoms with Crippen LogP contribution in [0.25, 0.3) is 0 Å². The molecule has 0 saturated heterocycles. The van der Waals surface area contributed by atoms with Crippen LogP contribution in [0.15, 0.2) is 29.8 Å². The van der Waals surface area contributed by atoms with Gasteiger partial charge in [-0.15, -0.1) is 11.3 Å². The van der Waals surface area contributed by atoms with Gasteiger partial charge in [0.2, 0.25) is 0 Å². The van der Waals surface area contributed by atoms with Crippen LogP contribution < -0.4 is 5.32 Å². The Hall–Kier alpha value is -2.21. The van der Waals surface area contributed by atoms with Crippen LogP contribution in [0, 0.1) is 6.92 Å². The van der Waals surface area contributed by atoms with Crippen molar-refractivity contribution in [1.82, 2.24) is 4.98 Å². The van der Waals surface area contributed by atoms with E-state index in [2.05, 4.69) is 15.0 Å². The molecule has 0 aromatic carbocycles. The number of pyridine rings is 1. The molecule has 2 rings (SSSR count). The van der Waals surface area contributed by atoms with Crippen molar-refractivity contribution in [3.05, 3.63) is 45.9 Å². The number of thiophene rings is 1. The molecule has 0 atom stereocenters. The van der Waals surface area contributed by atoms with Crippen molar-refractivity contribution in [2.45, 2.75) is 6.92 Å². The second-order valence-corrected chi connectivity index (χ2v) is 4.66. The van der Waals surface area contributed by atoms with Crippen molar-refractivity contribution < 1.29 is 14.3 Å².